The Morgan fingerprint density at radius 1 is 0.857 bits per heavy atom. The van der Waals surface area contributed by atoms with Gasteiger partial charge in [0, 0.05) is 16.8 Å². The summed E-state index contributed by atoms with van der Waals surface area (Å²) >= 11 is 0. The zero-order chi connectivity index (χ0) is 14.9. The van der Waals surface area contributed by atoms with Crippen LogP contribution in [-0.2, 0) is 10.0 Å². The van der Waals surface area contributed by atoms with E-state index in [4.69, 9.17) is 5.73 Å². The van der Waals surface area contributed by atoms with E-state index in [1.807, 2.05) is 12.1 Å². The number of nitrogen functional groups attached to an aromatic ring is 1. The van der Waals surface area contributed by atoms with Gasteiger partial charge in [0.15, 0.2) is 0 Å². The predicted octanol–water partition coefficient (Wildman–Crippen LogP) is 3.22. The van der Waals surface area contributed by atoms with Crippen LogP contribution in [0.25, 0.3) is 10.8 Å². The molecular formula is C16H14N2O2S. The van der Waals surface area contributed by atoms with Crippen molar-refractivity contribution in [3.8, 4) is 0 Å². The van der Waals surface area contributed by atoms with Crippen molar-refractivity contribution in [2.24, 2.45) is 0 Å². The normalized spacial score (nSPS) is 11.4. The summed E-state index contributed by atoms with van der Waals surface area (Å²) in [6, 6.07) is 19.1. The molecule has 0 spiro atoms. The fourth-order valence-electron chi connectivity index (χ4n) is 2.22. The first-order chi connectivity index (χ1) is 10.1. The molecule has 0 radical (unpaired) electrons. The van der Waals surface area contributed by atoms with Crippen molar-refractivity contribution >= 4 is 32.2 Å². The number of anilines is 2. The van der Waals surface area contributed by atoms with Crippen molar-refractivity contribution in [2.75, 3.05) is 10.5 Å². The molecule has 0 amide bonds. The Balaban J connectivity index is 2.11. The Morgan fingerprint density at radius 2 is 1.62 bits per heavy atom. The Morgan fingerprint density at radius 3 is 2.38 bits per heavy atom. The molecule has 0 unspecified atom stereocenters. The molecule has 4 nitrogen and oxygen atoms in total. The number of para-hydroxylation sites is 1. The van der Waals surface area contributed by atoms with Gasteiger partial charge in [-0.25, -0.2) is 8.42 Å². The van der Waals surface area contributed by atoms with E-state index >= 15 is 0 Å². The fraction of sp³-hybridized carbons (Fsp3) is 0. The number of rotatable bonds is 3. The van der Waals surface area contributed by atoms with Crippen LogP contribution in [0.15, 0.2) is 71.6 Å². The van der Waals surface area contributed by atoms with Crippen molar-refractivity contribution in [1.29, 1.82) is 0 Å². The molecule has 0 aliphatic rings. The van der Waals surface area contributed by atoms with Gasteiger partial charge in [0.25, 0.3) is 10.0 Å². The second kappa shape index (κ2) is 5.10. The first-order valence-corrected chi connectivity index (χ1v) is 7.91. The van der Waals surface area contributed by atoms with Gasteiger partial charge in [-0.3, -0.25) is 4.72 Å². The van der Waals surface area contributed by atoms with E-state index in [0.717, 1.165) is 5.39 Å². The van der Waals surface area contributed by atoms with Crippen molar-refractivity contribution in [3.63, 3.8) is 0 Å². The van der Waals surface area contributed by atoms with E-state index < -0.39 is 10.0 Å². The van der Waals surface area contributed by atoms with E-state index in [2.05, 4.69) is 4.72 Å². The molecule has 21 heavy (non-hydrogen) atoms. The highest BCUT2D eigenvalue weighted by Crippen LogP contribution is 2.26. The van der Waals surface area contributed by atoms with Crippen LogP contribution in [0.1, 0.15) is 0 Å². The summed E-state index contributed by atoms with van der Waals surface area (Å²) < 4.78 is 27.7. The van der Waals surface area contributed by atoms with Crippen LogP contribution in [0.4, 0.5) is 11.4 Å². The fourth-order valence-corrected chi connectivity index (χ4v) is 3.51. The van der Waals surface area contributed by atoms with Gasteiger partial charge in [-0.2, -0.15) is 0 Å². The van der Waals surface area contributed by atoms with Gasteiger partial charge in [0.05, 0.1) is 4.90 Å². The zero-order valence-electron chi connectivity index (χ0n) is 11.2. The summed E-state index contributed by atoms with van der Waals surface area (Å²) in [5.74, 6) is 0. The number of hydrogen-bond donors (Lipinski definition) is 2. The van der Waals surface area contributed by atoms with Gasteiger partial charge < -0.3 is 5.73 Å². The third kappa shape index (κ3) is 2.68. The van der Waals surface area contributed by atoms with Gasteiger partial charge in [-0.1, -0.05) is 36.4 Å². The number of nitrogens with two attached hydrogens (primary N) is 1. The Labute approximate surface area is 123 Å². The van der Waals surface area contributed by atoms with E-state index in [-0.39, 0.29) is 4.90 Å². The maximum atomic E-state index is 12.6. The molecule has 0 saturated heterocycles. The minimum Gasteiger partial charge on any atom is -0.399 e. The van der Waals surface area contributed by atoms with E-state index in [1.54, 1.807) is 54.6 Å². The monoisotopic (exact) mass is 298 g/mol. The van der Waals surface area contributed by atoms with Crippen molar-refractivity contribution in [1.82, 2.24) is 0 Å². The molecule has 0 heterocycles. The van der Waals surface area contributed by atoms with E-state index in [0.29, 0.717) is 16.8 Å². The molecule has 0 fully saturated rings. The third-order valence-corrected chi connectivity index (χ3v) is 4.62. The largest absolute Gasteiger partial charge is 0.399 e. The highest BCUT2D eigenvalue weighted by Gasteiger charge is 2.17. The second-order valence-electron chi connectivity index (χ2n) is 4.71. The summed E-state index contributed by atoms with van der Waals surface area (Å²) in [5.41, 5.74) is 6.88. The van der Waals surface area contributed by atoms with Crippen LogP contribution < -0.4 is 10.5 Å². The zero-order valence-corrected chi connectivity index (χ0v) is 12.0. The van der Waals surface area contributed by atoms with Gasteiger partial charge >= 0.3 is 0 Å². The van der Waals surface area contributed by atoms with Gasteiger partial charge in [-0.15, -0.1) is 0 Å². The Bertz CT molecular complexity index is 891. The van der Waals surface area contributed by atoms with Crippen LogP contribution in [0, 0.1) is 0 Å². The highest BCUT2D eigenvalue weighted by atomic mass is 32.2. The maximum Gasteiger partial charge on any atom is 0.262 e. The Kier molecular flexibility index (Phi) is 3.27. The lowest BCUT2D eigenvalue weighted by atomic mass is 10.1. The SMILES string of the molecule is Nc1ccc2c(S(=O)(=O)Nc3ccccc3)cccc2c1. The average molecular weight is 298 g/mol. The molecule has 3 rings (SSSR count). The van der Waals surface area contributed by atoms with Gasteiger partial charge in [0.1, 0.15) is 0 Å². The van der Waals surface area contributed by atoms with Crippen molar-refractivity contribution in [2.45, 2.75) is 4.90 Å². The van der Waals surface area contributed by atoms with E-state index in [1.165, 1.54) is 0 Å². The topological polar surface area (TPSA) is 72.2 Å². The summed E-state index contributed by atoms with van der Waals surface area (Å²) in [5, 5.41) is 1.45. The smallest absolute Gasteiger partial charge is 0.262 e. The molecule has 106 valence electrons. The molecule has 0 saturated carbocycles. The molecule has 0 bridgehead atoms. The molecule has 0 atom stereocenters. The van der Waals surface area contributed by atoms with Crippen LogP contribution in [0.5, 0.6) is 0 Å². The van der Waals surface area contributed by atoms with Gasteiger partial charge in [0.2, 0.25) is 0 Å². The second-order valence-corrected chi connectivity index (χ2v) is 6.36. The minimum absolute atomic E-state index is 0.240. The van der Waals surface area contributed by atoms with E-state index in [9.17, 15) is 8.42 Å². The summed E-state index contributed by atoms with van der Waals surface area (Å²) in [6.07, 6.45) is 0. The lowest BCUT2D eigenvalue weighted by molar-refractivity contribution is 0.602. The van der Waals surface area contributed by atoms with Crippen molar-refractivity contribution in [3.05, 3.63) is 66.7 Å². The maximum absolute atomic E-state index is 12.6. The van der Waals surface area contributed by atoms with Crippen LogP contribution in [-0.4, -0.2) is 8.42 Å². The molecule has 0 aliphatic carbocycles. The summed E-state index contributed by atoms with van der Waals surface area (Å²) in [4.78, 5) is 0.240. The first kappa shape index (κ1) is 13.5. The lowest BCUT2D eigenvalue weighted by Gasteiger charge is -2.10. The standard InChI is InChI=1S/C16H14N2O2S/c17-13-9-10-15-12(11-13)5-4-8-16(15)21(19,20)18-14-6-2-1-3-7-14/h1-11,18H,17H2. The molecule has 0 aromatic heterocycles. The molecule has 3 aromatic rings. The number of hydrogen-bond acceptors (Lipinski definition) is 3. The van der Waals surface area contributed by atoms with Crippen LogP contribution in [0.3, 0.4) is 0 Å². The van der Waals surface area contributed by atoms with Gasteiger partial charge in [-0.05, 0) is 35.7 Å². The predicted molar refractivity (Wildman–Crippen MR) is 85.6 cm³/mol. The molecule has 3 aromatic carbocycles. The van der Waals surface area contributed by atoms with Crippen LogP contribution in [0.2, 0.25) is 0 Å². The average Bonchev–Trinajstić information content (AvgIpc) is 2.47. The number of benzene rings is 3. The summed E-state index contributed by atoms with van der Waals surface area (Å²) in [6.45, 7) is 0. The minimum atomic E-state index is -3.64. The first-order valence-electron chi connectivity index (χ1n) is 6.42. The third-order valence-electron chi connectivity index (χ3n) is 3.18. The number of nitrogens with one attached hydrogen (secondary N) is 1. The summed E-state index contributed by atoms with van der Waals surface area (Å²) in [7, 11) is -3.64. The molecular weight excluding hydrogens is 284 g/mol. The Hall–Kier alpha value is -2.53. The lowest BCUT2D eigenvalue weighted by Crippen LogP contribution is -2.13. The highest BCUT2D eigenvalue weighted by molar-refractivity contribution is 7.93. The quantitative estimate of drug-likeness (QED) is 0.729. The van der Waals surface area contributed by atoms with Crippen molar-refractivity contribution < 1.29 is 8.42 Å². The number of sulfonamides is 1. The molecule has 3 N–H and O–H groups in total. The number of fused-ring (bicyclic) bond motifs is 1. The molecule has 0 aliphatic heterocycles. The van der Waals surface area contributed by atoms with Crippen LogP contribution >= 0.6 is 0 Å². The molecule has 5 heteroatoms.